The Hall–Kier alpha value is -1.84. The molecule has 4 aliphatic carbocycles. The molecule has 134 valence electrons. The maximum atomic E-state index is 12.4. The number of carbonyl (C=O) groups is 1. The van der Waals surface area contributed by atoms with Crippen LogP contribution in [0.3, 0.4) is 0 Å². The molecule has 0 saturated heterocycles. The van der Waals surface area contributed by atoms with Crippen molar-refractivity contribution in [1.82, 2.24) is 5.43 Å². The summed E-state index contributed by atoms with van der Waals surface area (Å²) in [6.45, 7) is 4.69. The van der Waals surface area contributed by atoms with E-state index in [-0.39, 0.29) is 11.3 Å². The fourth-order valence-electron chi connectivity index (χ4n) is 5.74. The van der Waals surface area contributed by atoms with Gasteiger partial charge in [0.2, 0.25) is 0 Å². The van der Waals surface area contributed by atoms with E-state index < -0.39 is 0 Å². The molecular weight excluding hydrogens is 312 g/mol. The van der Waals surface area contributed by atoms with Crippen LogP contribution in [-0.4, -0.2) is 18.2 Å². The molecule has 0 unspecified atom stereocenters. The molecule has 0 heterocycles. The summed E-state index contributed by atoms with van der Waals surface area (Å²) in [6, 6.07) is 7.23. The minimum absolute atomic E-state index is 0.146. The van der Waals surface area contributed by atoms with Crippen molar-refractivity contribution in [1.29, 1.82) is 0 Å². The van der Waals surface area contributed by atoms with Crippen LogP contribution < -0.4 is 10.2 Å². The Kier molecular flexibility index (Phi) is 4.30. The zero-order valence-corrected chi connectivity index (χ0v) is 15.3. The van der Waals surface area contributed by atoms with E-state index in [0.717, 1.165) is 29.2 Å². The Morgan fingerprint density at radius 2 is 1.68 bits per heavy atom. The molecule has 1 aromatic rings. The largest absolute Gasteiger partial charge is 0.494 e. The van der Waals surface area contributed by atoms with Crippen LogP contribution in [-0.2, 0) is 0 Å². The average Bonchev–Trinajstić information content (AvgIpc) is 2.59. The number of hydrogen-bond acceptors (Lipinski definition) is 3. The summed E-state index contributed by atoms with van der Waals surface area (Å²) in [5, 5.41) is 4.54. The van der Waals surface area contributed by atoms with Gasteiger partial charge in [-0.1, -0.05) is 0 Å². The summed E-state index contributed by atoms with van der Waals surface area (Å²) in [5.74, 6) is 3.30. The van der Waals surface area contributed by atoms with Gasteiger partial charge in [0.25, 0.3) is 5.91 Å². The number of hydrazone groups is 1. The van der Waals surface area contributed by atoms with Crippen molar-refractivity contribution in [2.75, 3.05) is 6.61 Å². The minimum Gasteiger partial charge on any atom is -0.494 e. The molecule has 4 heteroatoms. The lowest BCUT2D eigenvalue weighted by atomic mass is 9.48. The minimum atomic E-state index is -0.146. The topological polar surface area (TPSA) is 50.7 Å². The number of rotatable bonds is 5. The fourth-order valence-corrected chi connectivity index (χ4v) is 5.74. The Bertz CT molecular complexity index is 642. The highest BCUT2D eigenvalue weighted by Gasteiger charge is 2.52. The second-order valence-electron chi connectivity index (χ2n) is 8.29. The van der Waals surface area contributed by atoms with Gasteiger partial charge >= 0.3 is 0 Å². The van der Waals surface area contributed by atoms with Gasteiger partial charge in [0.1, 0.15) is 5.75 Å². The average molecular weight is 340 g/mol. The molecule has 4 fully saturated rings. The highest BCUT2D eigenvalue weighted by Crippen LogP contribution is 2.60. The zero-order valence-electron chi connectivity index (χ0n) is 15.3. The summed E-state index contributed by atoms with van der Waals surface area (Å²) in [5.41, 5.74) is 4.78. The van der Waals surface area contributed by atoms with E-state index in [1.54, 1.807) is 12.1 Å². The standard InChI is InChI=1S/C21H28N2O2/c1-3-25-19-6-4-18(5-7-19)20(24)23-22-14(2)21-11-15-8-16(12-21)10-17(9-15)13-21/h4-7,15-17H,3,8-13H2,1-2H3,(H,23,24)/b22-14-. The van der Waals surface area contributed by atoms with Crippen molar-refractivity contribution in [2.45, 2.75) is 52.4 Å². The Labute approximate surface area is 150 Å². The summed E-state index contributed by atoms with van der Waals surface area (Å²) < 4.78 is 5.42. The fraction of sp³-hybridized carbons (Fsp3) is 0.619. The third-order valence-electron chi connectivity index (χ3n) is 6.56. The van der Waals surface area contributed by atoms with Crippen molar-refractivity contribution in [3.05, 3.63) is 29.8 Å². The second-order valence-corrected chi connectivity index (χ2v) is 8.29. The normalized spacial score (nSPS) is 33.4. The third-order valence-corrected chi connectivity index (χ3v) is 6.56. The van der Waals surface area contributed by atoms with Gasteiger partial charge < -0.3 is 4.74 Å². The lowest BCUT2D eigenvalue weighted by Crippen LogP contribution is -2.49. The van der Waals surface area contributed by atoms with Gasteiger partial charge in [-0.25, -0.2) is 5.43 Å². The highest BCUT2D eigenvalue weighted by molar-refractivity contribution is 5.96. The van der Waals surface area contributed by atoms with Crippen LogP contribution in [0, 0.1) is 23.2 Å². The maximum Gasteiger partial charge on any atom is 0.271 e. The number of nitrogens with one attached hydrogen (secondary N) is 1. The molecule has 25 heavy (non-hydrogen) atoms. The SMILES string of the molecule is CCOc1ccc(C(=O)N/N=C(/C)C23CC4CC(CC(C4)C2)C3)cc1. The molecule has 0 radical (unpaired) electrons. The molecule has 1 amide bonds. The lowest BCUT2D eigenvalue weighted by Gasteiger charge is -2.56. The van der Waals surface area contributed by atoms with Crippen LogP contribution in [0.4, 0.5) is 0 Å². The molecule has 0 atom stereocenters. The van der Waals surface area contributed by atoms with Gasteiger partial charge in [0.05, 0.1) is 6.61 Å². The summed E-state index contributed by atoms with van der Waals surface area (Å²) >= 11 is 0. The molecule has 1 N–H and O–H groups in total. The number of carbonyl (C=O) groups excluding carboxylic acids is 1. The molecule has 0 spiro atoms. The number of ether oxygens (including phenoxy) is 1. The third kappa shape index (κ3) is 3.19. The maximum absolute atomic E-state index is 12.4. The number of hydrogen-bond donors (Lipinski definition) is 1. The lowest BCUT2D eigenvalue weighted by molar-refractivity contribution is -0.0128. The Balaban J connectivity index is 1.43. The summed E-state index contributed by atoms with van der Waals surface area (Å²) in [4.78, 5) is 12.4. The predicted octanol–water partition coefficient (Wildman–Crippen LogP) is 4.41. The molecule has 5 rings (SSSR count). The molecule has 4 aliphatic rings. The molecule has 4 saturated carbocycles. The number of nitrogens with zero attached hydrogens (tertiary/aromatic N) is 1. The van der Waals surface area contributed by atoms with Crippen molar-refractivity contribution < 1.29 is 9.53 Å². The molecule has 4 bridgehead atoms. The van der Waals surface area contributed by atoms with Gasteiger partial charge in [0.15, 0.2) is 0 Å². The van der Waals surface area contributed by atoms with E-state index in [1.807, 2.05) is 19.1 Å². The first kappa shape index (κ1) is 16.6. The van der Waals surface area contributed by atoms with Crippen LogP contribution >= 0.6 is 0 Å². The van der Waals surface area contributed by atoms with Crippen molar-refractivity contribution in [2.24, 2.45) is 28.3 Å². The van der Waals surface area contributed by atoms with Gasteiger partial charge in [-0.05, 0) is 94.4 Å². The van der Waals surface area contributed by atoms with E-state index in [4.69, 9.17) is 4.74 Å². The Morgan fingerprint density at radius 3 is 2.20 bits per heavy atom. The molecule has 0 aromatic heterocycles. The smallest absolute Gasteiger partial charge is 0.271 e. The first-order valence-corrected chi connectivity index (χ1v) is 9.66. The predicted molar refractivity (Wildman–Crippen MR) is 98.8 cm³/mol. The molecular formula is C21H28N2O2. The quantitative estimate of drug-likeness (QED) is 0.638. The van der Waals surface area contributed by atoms with Crippen LogP contribution in [0.5, 0.6) is 5.75 Å². The first-order chi connectivity index (χ1) is 12.1. The van der Waals surface area contributed by atoms with Gasteiger partial charge in [-0.3, -0.25) is 4.79 Å². The van der Waals surface area contributed by atoms with Gasteiger partial charge in [-0.15, -0.1) is 0 Å². The van der Waals surface area contributed by atoms with Gasteiger partial charge in [0, 0.05) is 16.7 Å². The van der Waals surface area contributed by atoms with Crippen molar-refractivity contribution >= 4 is 11.6 Å². The summed E-state index contributed by atoms with van der Waals surface area (Å²) in [6.07, 6.45) is 8.08. The van der Waals surface area contributed by atoms with E-state index in [1.165, 1.54) is 38.5 Å². The van der Waals surface area contributed by atoms with E-state index in [0.29, 0.717) is 12.2 Å². The highest BCUT2D eigenvalue weighted by atomic mass is 16.5. The van der Waals surface area contributed by atoms with Crippen LogP contribution in [0.2, 0.25) is 0 Å². The van der Waals surface area contributed by atoms with Crippen molar-refractivity contribution in [3.8, 4) is 5.75 Å². The molecule has 4 nitrogen and oxygen atoms in total. The van der Waals surface area contributed by atoms with Crippen LogP contribution in [0.1, 0.15) is 62.7 Å². The van der Waals surface area contributed by atoms with E-state index >= 15 is 0 Å². The zero-order chi connectivity index (χ0) is 17.4. The van der Waals surface area contributed by atoms with Crippen LogP contribution in [0.25, 0.3) is 0 Å². The van der Waals surface area contributed by atoms with Crippen LogP contribution in [0.15, 0.2) is 29.4 Å². The van der Waals surface area contributed by atoms with Crippen molar-refractivity contribution in [3.63, 3.8) is 0 Å². The van der Waals surface area contributed by atoms with E-state index in [2.05, 4.69) is 17.5 Å². The monoisotopic (exact) mass is 340 g/mol. The second kappa shape index (κ2) is 6.47. The van der Waals surface area contributed by atoms with E-state index in [9.17, 15) is 4.79 Å². The molecule has 1 aromatic carbocycles. The summed E-state index contributed by atoms with van der Waals surface area (Å²) in [7, 11) is 0. The number of amides is 1. The number of benzene rings is 1. The Morgan fingerprint density at radius 1 is 1.12 bits per heavy atom. The van der Waals surface area contributed by atoms with Gasteiger partial charge in [-0.2, -0.15) is 5.10 Å². The first-order valence-electron chi connectivity index (χ1n) is 9.66. The molecule has 0 aliphatic heterocycles.